The van der Waals surface area contributed by atoms with E-state index in [2.05, 4.69) is 17.1 Å². The minimum Gasteiger partial charge on any atom is -0.379 e. The molecule has 0 amide bonds. The Morgan fingerprint density at radius 2 is 1.14 bits per heavy atom. The molecule has 4 rings (SSSR count). The van der Waals surface area contributed by atoms with Crippen molar-refractivity contribution in [1.29, 1.82) is 0 Å². The molecule has 0 unspecified atom stereocenters. The number of hydrogen-bond acceptors (Lipinski definition) is 3. The number of hydrogen-bond donors (Lipinski definition) is 1. The van der Waals surface area contributed by atoms with Crippen LogP contribution >= 0.6 is 11.8 Å². The van der Waals surface area contributed by atoms with Gasteiger partial charge in [-0.15, -0.1) is 11.8 Å². The maximum atomic E-state index is 12.3. The fraction of sp³-hybridized carbons (Fsp3) is 0.0800. The predicted octanol–water partition coefficient (Wildman–Crippen LogP) is 5.85. The summed E-state index contributed by atoms with van der Waals surface area (Å²) in [5.41, 5.74) is 1.30. The second-order valence-corrected chi connectivity index (χ2v) is 7.74. The predicted molar refractivity (Wildman–Crippen MR) is 115 cm³/mol. The molecule has 1 atom stereocenters. The van der Waals surface area contributed by atoms with E-state index in [0.29, 0.717) is 0 Å². The Morgan fingerprint density at radius 1 is 0.643 bits per heavy atom. The van der Waals surface area contributed by atoms with Crippen molar-refractivity contribution >= 4 is 11.8 Å². The highest BCUT2D eigenvalue weighted by Crippen LogP contribution is 2.50. The van der Waals surface area contributed by atoms with Crippen molar-refractivity contribution in [2.45, 2.75) is 15.7 Å². The molecule has 0 radical (unpaired) electrons. The fourth-order valence-corrected chi connectivity index (χ4v) is 4.67. The maximum Gasteiger partial charge on any atom is 0.132 e. The lowest BCUT2D eigenvalue weighted by Crippen LogP contribution is -2.34. The molecule has 2 nitrogen and oxygen atoms in total. The van der Waals surface area contributed by atoms with Crippen LogP contribution in [0.4, 0.5) is 0 Å². The minimum atomic E-state index is -1.24. The van der Waals surface area contributed by atoms with E-state index in [4.69, 9.17) is 0 Å². The molecular weight excluding hydrogens is 362 g/mol. The Hall–Kier alpha value is -2.88. The molecule has 0 bridgehead atoms. The van der Waals surface area contributed by atoms with Crippen LogP contribution in [-0.4, -0.2) is 10.1 Å². The third-order valence-corrected chi connectivity index (χ3v) is 6.12. The van der Waals surface area contributed by atoms with E-state index in [1.54, 1.807) is 18.0 Å². The summed E-state index contributed by atoms with van der Waals surface area (Å²) in [6, 6.07) is 35.7. The first-order chi connectivity index (χ1) is 13.8. The first kappa shape index (κ1) is 18.5. The van der Waals surface area contributed by atoms with Crippen LogP contribution in [0.1, 0.15) is 22.1 Å². The van der Waals surface area contributed by atoms with Crippen molar-refractivity contribution in [2.75, 3.05) is 0 Å². The molecule has 3 heteroatoms. The van der Waals surface area contributed by atoms with Gasteiger partial charge in [-0.3, -0.25) is 4.98 Å². The highest BCUT2D eigenvalue weighted by atomic mass is 32.2. The highest BCUT2D eigenvalue weighted by Gasteiger charge is 2.42. The van der Waals surface area contributed by atoms with Gasteiger partial charge < -0.3 is 5.11 Å². The van der Waals surface area contributed by atoms with Crippen LogP contribution in [0, 0.1) is 0 Å². The quantitative estimate of drug-likeness (QED) is 0.424. The van der Waals surface area contributed by atoms with Crippen LogP contribution in [0.15, 0.2) is 120 Å². The van der Waals surface area contributed by atoms with E-state index in [9.17, 15) is 5.11 Å². The van der Waals surface area contributed by atoms with Crippen molar-refractivity contribution in [3.05, 3.63) is 132 Å². The normalized spacial score (nSPS) is 12.5. The summed E-state index contributed by atoms with van der Waals surface area (Å²) >= 11 is 1.63. The first-order valence-corrected chi connectivity index (χ1v) is 10.1. The van der Waals surface area contributed by atoms with Crippen molar-refractivity contribution in [1.82, 2.24) is 4.98 Å². The summed E-state index contributed by atoms with van der Waals surface area (Å²) < 4.78 is 0. The molecule has 0 spiro atoms. The molecule has 28 heavy (non-hydrogen) atoms. The molecule has 4 aromatic rings. The van der Waals surface area contributed by atoms with Crippen LogP contribution in [-0.2, 0) is 5.60 Å². The molecule has 0 saturated heterocycles. The number of thioether (sulfide) groups is 1. The first-order valence-electron chi connectivity index (χ1n) is 9.24. The van der Waals surface area contributed by atoms with Gasteiger partial charge in [-0.1, -0.05) is 84.9 Å². The zero-order valence-corrected chi connectivity index (χ0v) is 16.2. The van der Waals surface area contributed by atoms with Gasteiger partial charge in [0.1, 0.15) is 5.60 Å². The third kappa shape index (κ3) is 3.72. The molecule has 0 saturated carbocycles. The zero-order valence-electron chi connectivity index (χ0n) is 15.3. The van der Waals surface area contributed by atoms with Crippen molar-refractivity contribution < 1.29 is 5.11 Å². The zero-order chi connectivity index (χ0) is 19.2. The molecule has 0 aliphatic heterocycles. The van der Waals surface area contributed by atoms with Gasteiger partial charge in [0, 0.05) is 11.1 Å². The van der Waals surface area contributed by atoms with Gasteiger partial charge in [-0.05, 0) is 35.4 Å². The highest BCUT2D eigenvalue weighted by molar-refractivity contribution is 7.99. The lowest BCUT2D eigenvalue weighted by Gasteiger charge is -2.36. The van der Waals surface area contributed by atoms with Gasteiger partial charge in [0.05, 0.1) is 10.9 Å². The average Bonchev–Trinajstić information content (AvgIpc) is 2.79. The monoisotopic (exact) mass is 383 g/mol. The number of rotatable bonds is 6. The van der Waals surface area contributed by atoms with Crippen LogP contribution in [0.5, 0.6) is 0 Å². The van der Waals surface area contributed by atoms with Crippen LogP contribution in [0.2, 0.25) is 0 Å². The smallest absolute Gasteiger partial charge is 0.132 e. The van der Waals surface area contributed by atoms with E-state index >= 15 is 0 Å². The second-order valence-electron chi connectivity index (χ2n) is 6.56. The fourth-order valence-electron chi connectivity index (χ4n) is 3.38. The summed E-state index contributed by atoms with van der Waals surface area (Å²) in [4.78, 5) is 5.70. The van der Waals surface area contributed by atoms with E-state index in [-0.39, 0.29) is 5.25 Å². The third-order valence-electron chi connectivity index (χ3n) is 4.76. The Morgan fingerprint density at radius 3 is 1.64 bits per heavy atom. The summed E-state index contributed by atoms with van der Waals surface area (Å²) in [6.07, 6.45) is 1.78. The Balaban J connectivity index is 1.91. The molecule has 0 fully saturated rings. The SMILES string of the molecule is OC(c1ccccc1)(c1ccccc1)[C@H](Sc1ccccc1)c1ccccn1. The molecule has 0 aliphatic rings. The minimum absolute atomic E-state index is 0.319. The Labute approximate surface area is 169 Å². The number of aliphatic hydroxyl groups is 1. The molecule has 0 aliphatic carbocycles. The van der Waals surface area contributed by atoms with Crippen LogP contribution in [0.25, 0.3) is 0 Å². The number of pyridine rings is 1. The van der Waals surface area contributed by atoms with Crippen LogP contribution in [0.3, 0.4) is 0 Å². The topological polar surface area (TPSA) is 33.1 Å². The van der Waals surface area contributed by atoms with E-state index < -0.39 is 5.60 Å². The van der Waals surface area contributed by atoms with Crippen molar-refractivity contribution in [2.24, 2.45) is 0 Å². The summed E-state index contributed by atoms with van der Waals surface area (Å²) in [7, 11) is 0. The van der Waals surface area contributed by atoms with Crippen molar-refractivity contribution in [3.63, 3.8) is 0 Å². The standard InChI is InChI=1S/C25H21NOS/c27-25(20-12-4-1-5-13-20,21-14-6-2-7-15-21)24(23-18-10-11-19-26-23)28-22-16-8-3-9-17-22/h1-19,24,27H/t24-/m1/s1. The summed E-state index contributed by atoms with van der Waals surface area (Å²) in [6.45, 7) is 0. The number of benzene rings is 3. The Kier molecular flexibility index (Phi) is 5.56. The molecule has 138 valence electrons. The lowest BCUT2D eigenvalue weighted by molar-refractivity contribution is 0.0766. The number of nitrogens with zero attached hydrogens (tertiary/aromatic N) is 1. The van der Waals surface area contributed by atoms with Gasteiger partial charge in [0.15, 0.2) is 0 Å². The molecule has 1 N–H and O–H groups in total. The number of aromatic nitrogens is 1. The van der Waals surface area contributed by atoms with Crippen molar-refractivity contribution in [3.8, 4) is 0 Å². The van der Waals surface area contributed by atoms with E-state index in [1.807, 2.05) is 97.1 Å². The molecular formula is C25H21NOS. The van der Waals surface area contributed by atoms with Gasteiger partial charge in [0.2, 0.25) is 0 Å². The van der Waals surface area contributed by atoms with E-state index in [0.717, 1.165) is 21.7 Å². The van der Waals surface area contributed by atoms with E-state index in [1.165, 1.54) is 0 Å². The lowest BCUT2D eigenvalue weighted by atomic mass is 9.82. The largest absolute Gasteiger partial charge is 0.379 e. The second kappa shape index (κ2) is 8.42. The average molecular weight is 384 g/mol. The Bertz CT molecular complexity index is 952. The van der Waals surface area contributed by atoms with Gasteiger partial charge in [-0.2, -0.15) is 0 Å². The molecule has 1 aromatic heterocycles. The molecule has 1 heterocycles. The van der Waals surface area contributed by atoms with Gasteiger partial charge in [-0.25, -0.2) is 0 Å². The molecule has 3 aromatic carbocycles. The van der Waals surface area contributed by atoms with Crippen LogP contribution < -0.4 is 0 Å². The summed E-state index contributed by atoms with van der Waals surface area (Å²) in [5, 5.41) is 11.9. The maximum absolute atomic E-state index is 12.3. The van der Waals surface area contributed by atoms with Gasteiger partial charge >= 0.3 is 0 Å². The van der Waals surface area contributed by atoms with Gasteiger partial charge in [0.25, 0.3) is 0 Å². The summed E-state index contributed by atoms with van der Waals surface area (Å²) in [5.74, 6) is 0.